The number of rotatable bonds is 8. The lowest BCUT2D eigenvalue weighted by molar-refractivity contribution is -0.125. The molecule has 0 bridgehead atoms. The van der Waals surface area contributed by atoms with Crippen molar-refractivity contribution in [1.82, 2.24) is 5.32 Å². The first-order chi connectivity index (χ1) is 14.0. The number of carbonyl (C=O) groups excluding carboxylic acids is 2. The van der Waals surface area contributed by atoms with Crippen LogP contribution in [0.2, 0.25) is 0 Å². The van der Waals surface area contributed by atoms with E-state index in [2.05, 4.69) is 10.1 Å². The minimum absolute atomic E-state index is 0.0532. The van der Waals surface area contributed by atoms with Gasteiger partial charge < -0.3 is 15.0 Å². The third kappa shape index (κ3) is 6.19. The molecule has 0 spiro atoms. The van der Waals surface area contributed by atoms with Gasteiger partial charge in [0.25, 0.3) is 0 Å². The van der Waals surface area contributed by atoms with Crippen LogP contribution in [-0.4, -0.2) is 37.3 Å². The van der Waals surface area contributed by atoms with Gasteiger partial charge in [-0.3, -0.25) is 9.59 Å². The maximum atomic E-state index is 12.5. The van der Waals surface area contributed by atoms with Crippen molar-refractivity contribution in [3.8, 4) is 5.75 Å². The van der Waals surface area contributed by atoms with E-state index in [1.54, 1.807) is 28.8 Å². The molecule has 1 heterocycles. The first kappa shape index (κ1) is 21.1. The number of benzene rings is 2. The van der Waals surface area contributed by atoms with Gasteiger partial charge in [0, 0.05) is 36.6 Å². The van der Waals surface area contributed by atoms with Gasteiger partial charge in [-0.15, -0.1) is 11.8 Å². The summed E-state index contributed by atoms with van der Waals surface area (Å²) in [5, 5.41) is 2.79. The van der Waals surface area contributed by atoms with E-state index in [1.165, 1.54) is 12.1 Å². The zero-order chi connectivity index (χ0) is 20.6. The monoisotopic (exact) mass is 420 g/mol. The van der Waals surface area contributed by atoms with Gasteiger partial charge in [-0.2, -0.15) is 8.78 Å². The molecular weight excluding hydrogens is 398 g/mol. The lowest BCUT2D eigenvalue weighted by Crippen LogP contribution is -2.36. The molecule has 0 unspecified atom stereocenters. The maximum absolute atomic E-state index is 12.5. The standard InChI is InChI=1S/C21H22F2N2O3S/c22-21(23)28-16-7-5-15(6-8-16)11-12-24-19(26)9-10-20(27)25-13-14-29-18-4-2-1-3-17(18)25/h1-8,21H,9-14H2,(H,24,26). The Hall–Kier alpha value is -2.61. The summed E-state index contributed by atoms with van der Waals surface area (Å²) in [5.74, 6) is 0.706. The minimum atomic E-state index is -2.85. The topological polar surface area (TPSA) is 58.6 Å². The molecular formula is C21H22F2N2O3S. The number of nitrogens with zero attached hydrogens (tertiary/aromatic N) is 1. The molecule has 0 fully saturated rings. The second-order valence-corrected chi connectivity index (χ2v) is 7.62. The molecule has 0 saturated carbocycles. The maximum Gasteiger partial charge on any atom is 0.387 e. The molecule has 8 heteroatoms. The lowest BCUT2D eigenvalue weighted by Gasteiger charge is -2.29. The predicted octanol–water partition coefficient (Wildman–Crippen LogP) is 3.87. The van der Waals surface area contributed by atoms with E-state index in [9.17, 15) is 18.4 Å². The van der Waals surface area contributed by atoms with Gasteiger partial charge in [0.1, 0.15) is 5.75 Å². The fraction of sp³-hybridized carbons (Fsp3) is 0.333. The highest BCUT2D eigenvalue weighted by molar-refractivity contribution is 7.99. The number of amides is 2. The first-order valence-electron chi connectivity index (χ1n) is 9.35. The highest BCUT2D eigenvalue weighted by Gasteiger charge is 2.22. The van der Waals surface area contributed by atoms with E-state index in [4.69, 9.17) is 0 Å². The van der Waals surface area contributed by atoms with E-state index < -0.39 is 6.61 Å². The van der Waals surface area contributed by atoms with Crippen LogP contribution in [0.25, 0.3) is 0 Å². The molecule has 0 radical (unpaired) electrons. The number of carbonyl (C=O) groups is 2. The van der Waals surface area contributed by atoms with Crippen LogP contribution in [0.4, 0.5) is 14.5 Å². The van der Waals surface area contributed by atoms with E-state index in [0.717, 1.165) is 21.9 Å². The Kier molecular flexibility index (Phi) is 7.46. The Balaban J connectivity index is 1.40. The largest absolute Gasteiger partial charge is 0.435 e. The average Bonchev–Trinajstić information content (AvgIpc) is 2.72. The Morgan fingerprint density at radius 2 is 1.86 bits per heavy atom. The lowest BCUT2D eigenvalue weighted by atomic mass is 10.1. The summed E-state index contributed by atoms with van der Waals surface area (Å²) in [6.07, 6.45) is 0.849. The number of hydrogen-bond acceptors (Lipinski definition) is 4. The SMILES string of the molecule is O=C(CCC(=O)N1CCSc2ccccc21)NCCc1ccc(OC(F)F)cc1. The van der Waals surface area contributed by atoms with Crippen molar-refractivity contribution >= 4 is 29.3 Å². The molecule has 0 atom stereocenters. The summed E-state index contributed by atoms with van der Waals surface area (Å²) in [7, 11) is 0. The highest BCUT2D eigenvalue weighted by atomic mass is 32.2. The van der Waals surface area contributed by atoms with Crippen molar-refractivity contribution in [1.29, 1.82) is 0 Å². The third-order valence-corrected chi connectivity index (χ3v) is 5.52. The molecule has 0 aliphatic carbocycles. The van der Waals surface area contributed by atoms with Crippen molar-refractivity contribution in [2.75, 3.05) is 23.7 Å². The normalized spacial score (nSPS) is 13.1. The van der Waals surface area contributed by atoms with Gasteiger partial charge in [0.15, 0.2) is 0 Å². The van der Waals surface area contributed by atoms with Crippen LogP contribution in [0.5, 0.6) is 5.75 Å². The average molecular weight is 420 g/mol. The van der Waals surface area contributed by atoms with Crippen LogP contribution in [-0.2, 0) is 16.0 Å². The molecule has 3 rings (SSSR count). The van der Waals surface area contributed by atoms with E-state index in [1.807, 2.05) is 24.3 Å². The molecule has 154 valence electrons. The minimum Gasteiger partial charge on any atom is -0.435 e. The number of thioether (sulfide) groups is 1. The number of nitrogens with one attached hydrogen (secondary N) is 1. The van der Waals surface area contributed by atoms with Crippen molar-refractivity contribution in [2.45, 2.75) is 30.8 Å². The van der Waals surface area contributed by atoms with Crippen LogP contribution in [0.15, 0.2) is 53.4 Å². The van der Waals surface area contributed by atoms with Crippen molar-refractivity contribution in [3.63, 3.8) is 0 Å². The predicted molar refractivity (Wildman–Crippen MR) is 109 cm³/mol. The zero-order valence-electron chi connectivity index (χ0n) is 15.8. The summed E-state index contributed by atoms with van der Waals surface area (Å²) >= 11 is 1.73. The molecule has 29 heavy (non-hydrogen) atoms. The molecule has 1 N–H and O–H groups in total. The van der Waals surface area contributed by atoms with E-state index >= 15 is 0 Å². The van der Waals surface area contributed by atoms with Crippen LogP contribution in [0.1, 0.15) is 18.4 Å². The smallest absolute Gasteiger partial charge is 0.387 e. The summed E-state index contributed by atoms with van der Waals surface area (Å²) in [4.78, 5) is 27.4. The molecule has 0 saturated heterocycles. The van der Waals surface area contributed by atoms with Gasteiger partial charge in [0.05, 0.1) is 5.69 Å². The number of ether oxygens (including phenoxy) is 1. The Morgan fingerprint density at radius 1 is 1.10 bits per heavy atom. The number of alkyl halides is 2. The molecule has 0 aromatic heterocycles. The Bertz CT molecular complexity index is 846. The fourth-order valence-corrected chi connectivity index (χ4v) is 4.05. The molecule has 2 aromatic carbocycles. The first-order valence-corrected chi connectivity index (χ1v) is 10.3. The Morgan fingerprint density at radius 3 is 2.62 bits per heavy atom. The van der Waals surface area contributed by atoms with Gasteiger partial charge in [-0.25, -0.2) is 0 Å². The van der Waals surface area contributed by atoms with Crippen molar-refractivity contribution < 1.29 is 23.1 Å². The van der Waals surface area contributed by atoms with Crippen molar-refractivity contribution in [2.24, 2.45) is 0 Å². The van der Waals surface area contributed by atoms with Gasteiger partial charge in [-0.1, -0.05) is 24.3 Å². The van der Waals surface area contributed by atoms with Gasteiger partial charge in [0.2, 0.25) is 11.8 Å². The zero-order valence-corrected chi connectivity index (χ0v) is 16.6. The molecule has 1 aliphatic rings. The second kappa shape index (κ2) is 10.2. The molecule has 1 aliphatic heterocycles. The van der Waals surface area contributed by atoms with Crippen LogP contribution in [0.3, 0.4) is 0 Å². The summed E-state index contributed by atoms with van der Waals surface area (Å²) < 4.78 is 28.6. The highest BCUT2D eigenvalue weighted by Crippen LogP contribution is 2.34. The number of fused-ring (bicyclic) bond motifs is 1. The number of halogens is 2. The molecule has 2 amide bonds. The van der Waals surface area contributed by atoms with Crippen LogP contribution in [0, 0.1) is 0 Å². The fourth-order valence-electron chi connectivity index (χ4n) is 3.06. The second-order valence-electron chi connectivity index (χ2n) is 6.48. The number of hydrogen-bond donors (Lipinski definition) is 1. The number of para-hydroxylation sites is 1. The van der Waals surface area contributed by atoms with E-state index in [0.29, 0.717) is 19.5 Å². The van der Waals surface area contributed by atoms with Crippen LogP contribution < -0.4 is 15.0 Å². The summed E-state index contributed by atoms with van der Waals surface area (Å²) in [6, 6.07) is 14.1. The molecule has 5 nitrogen and oxygen atoms in total. The Labute approximate surface area is 172 Å². The van der Waals surface area contributed by atoms with E-state index in [-0.39, 0.29) is 30.4 Å². The summed E-state index contributed by atoms with van der Waals surface area (Å²) in [6.45, 7) is -1.79. The summed E-state index contributed by atoms with van der Waals surface area (Å²) in [5.41, 5.74) is 1.80. The number of anilines is 1. The van der Waals surface area contributed by atoms with Gasteiger partial charge >= 0.3 is 6.61 Å². The quantitative estimate of drug-likeness (QED) is 0.705. The third-order valence-electron chi connectivity index (χ3n) is 4.48. The molecule has 2 aromatic rings. The van der Waals surface area contributed by atoms with Crippen LogP contribution >= 0.6 is 11.8 Å². The van der Waals surface area contributed by atoms with Gasteiger partial charge in [-0.05, 0) is 36.2 Å². The van der Waals surface area contributed by atoms with Crippen molar-refractivity contribution in [3.05, 3.63) is 54.1 Å².